The zero-order chi connectivity index (χ0) is 16.3. The molecule has 0 nitrogen and oxygen atoms in total. The third-order valence-electron chi connectivity index (χ3n) is 5.31. The Morgan fingerprint density at radius 2 is 1.27 bits per heavy atom. The van der Waals surface area contributed by atoms with Gasteiger partial charge < -0.3 is 0 Å². The summed E-state index contributed by atoms with van der Waals surface area (Å²) in [5.41, 5.74) is 8.87. The molecule has 0 fully saturated rings. The Balaban J connectivity index is 2.06. The van der Waals surface area contributed by atoms with Crippen LogP contribution in [0, 0.1) is 20.8 Å². The van der Waals surface area contributed by atoms with Crippen LogP contribution >= 0.6 is 0 Å². The van der Waals surface area contributed by atoms with Gasteiger partial charge in [0.1, 0.15) is 0 Å². The van der Waals surface area contributed by atoms with Crippen LogP contribution in [0.2, 0.25) is 0 Å². The molecule has 2 aromatic rings. The van der Waals surface area contributed by atoms with Crippen molar-refractivity contribution in [2.24, 2.45) is 0 Å². The molecular weight excluding hydrogens is 264 g/mol. The van der Waals surface area contributed by atoms with E-state index in [0.717, 1.165) is 12.8 Å². The molecule has 0 N–H and O–H groups in total. The minimum Gasteiger partial charge on any atom is -0.0646 e. The van der Waals surface area contributed by atoms with Crippen LogP contribution in [0.25, 0.3) is 0 Å². The maximum absolute atomic E-state index is 2.34. The standard InChI is InChI=1S/C22H30/c1-7-22(5,6)21-12-10-19(11-13-21)8-9-20-14-16(2)18(4)17(3)15-20/h10-15H,7-9H2,1-6H3. The van der Waals surface area contributed by atoms with E-state index in [0.29, 0.717) is 0 Å². The average Bonchev–Trinajstić information content (AvgIpc) is 2.51. The lowest BCUT2D eigenvalue weighted by atomic mass is 9.82. The third-order valence-corrected chi connectivity index (χ3v) is 5.31. The smallest absolute Gasteiger partial charge is 0.0106 e. The van der Waals surface area contributed by atoms with Crippen molar-refractivity contribution in [3.05, 3.63) is 69.8 Å². The van der Waals surface area contributed by atoms with Gasteiger partial charge in [-0.05, 0) is 78.8 Å². The molecule has 0 aliphatic heterocycles. The van der Waals surface area contributed by atoms with Crippen LogP contribution in [-0.4, -0.2) is 0 Å². The highest BCUT2D eigenvalue weighted by molar-refractivity contribution is 5.37. The molecule has 0 spiro atoms. The first-order valence-electron chi connectivity index (χ1n) is 8.49. The summed E-state index contributed by atoms with van der Waals surface area (Å²) in [7, 11) is 0. The third kappa shape index (κ3) is 3.80. The molecule has 0 aliphatic carbocycles. The van der Waals surface area contributed by atoms with Crippen molar-refractivity contribution >= 4 is 0 Å². The SMILES string of the molecule is CCC(C)(C)c1ccc(CCc2cc(C)c(C)c(C)c2)cc1. The van der Waals surface area contributed by atoms with E-state index in [1.165, 1.54) is 39.8 Å². The van der Waals surface area contributed by atoms with Gasteiger partial charge >= 0.3 is 0 Å². The molecule has 0 radical (unpaired) electrons. The van der Waals surface area contributed by atoms with Crippen LogP contribution in [0.4, 0.5) is 0 Å². The van der Waals surface area contributed by atoms with Gasteiger partial charge in [0.2, 0.25) is 0 Å². The molecule has 0 saturated heterocycles. The summed E-state index contributed by atoms with van der Waals surface area (Å²) in [6, 6.07) is 13.9. The van der Waals surface area contributed by atoms with E-state index in [4.69, 9.17) is 0 Å². The molecule has 0 heteroatoms. The number of benzene rings is 2. The first-order chi connectivity index (χ1) is 10.3. The van der Waals surface area contributed by atoms with Gasteiger partial charge in [0.15, 0.2) is 0 Å². The van der Waals surface area contributed by atoms with E-state index in [1.807, 2.05) is 0 Å². The molecule has 0 heterocycles. The monoisotopic (exact) mass is 294 g/mol. The minimum atomic E-state index is 0.281. The van der Waals surface area contributed by atoms with Crippen molar-refractivity contribution in [1.82, 2.24) is 0 Å². The summed E-state index contributed by atoms with van der Waals surface area (Å²) in [5, 5.41) is 0. The molecule has 0 aliphatic rings. The average molecular weight is 294 g/mol. The van der Waals surface area contributed by atoms with Crippen molar-refractivity contribution in [2.75, 3.05) is 0 Å². The normalized spacial score (nSPS) is 11.7. The summed E-state index contributed by atoms with van der Waals surface area (Å²) < 4.78 is 0. The van der Waals surface area contributed by atoms with E-state index in [-0.39, 0.29) is 5.41 Å². The van der Waals surface area contributed by atoms with Crippen LogP contribution < -0.4 is 0 Å². The molecule has 0 aromatic heterocycles. The molecule has 0 saturated carbocycles. The Kier molecular flexibility index (Phi) is 5.11. The summed E-state index contributed by atoms with van der Waals surface area (Å²) in [5.74, 6) is 0. The van der Waals surface area contributed by atoms with Gasteiger partial charge in [-0.25, -0.2) is 0 Å². The highest BCUT2D eigenvalue weighted by Gasteiger charge is 2.17. The molecule has 2 aromatic carbocycles. The summed E-state index contributed by atoms with van der Waals surface area (Å²) >= 11 is 0. The molecule has 22 heavy (non-hydrogen) atoms. The van der Waals surface area contributed by atoms with Crippen molar-refractivity contribution in [1.29, 1.82) is 0 Å². The van der Waals surface area contributed by atoms with Crippen molar-refractivity contribution in [3.63, 3.8) is 0 Å². The molecular formula is C22H30. The largest absolute Gasteiger partial charge is 0.0646 e. The first kappa shape index (κ1) is 16.8. The van der Waals surface area contributed by atoms with Crippen LogP contribution in [0.15, 0.2) is 36.4 Å². The maximum Gasteiger partial charge on any atom is -0.0106 e. The van der Waals surface area contributed by atoms with Crippen LogP contribution in [0.3, 0.4) is 0 Å². The lowest BCUT2D eigenvalue weighted by molar-refractivity contribution is 0.506. The fraction of sp³-hybridized carbons (Fsp3) is 0.455. The number of rotatable bonds is 5. The fourth-order valence-corrected chi connectivity index (χ4v) is 2.89. The molecule has 118 valence electrons. The van der Waals surface area contributed by atoms with E-state index < -0.39 is 0 Å². The van der Waals surface area contributed by atoms with Gasteiger partial charge in [-0.15, -0.1) is 0 Å². The van der Waals surface area contributed by atoms with Gasteiger partial charge in [-0.2, -0.15) is 0 Å². The molecule has 0 bridgehead atoms. The zero-order valence-corrected chi connectivity index (χ0v) is 15.1. The summed E-state index contributed by atoms with van der Waals surface area (Å²) in [6.45, 7) is 13.5. The van der Waals surface area contributed by atoms with E-state index >= 15 is 0 Å². The lowest BCUT2D eigenvalue weighted by Gasteiger charge is -2.23. The van der Waals surface area contributed by atoms with Crippen molar-refractivity contribution in [3.8, 4) is 0 Å². The Morgan fingerprint density at radius 3 is 1.77 bits per heavy atom. The molecule has 0 atom stereocenters. The van der Waals surface area contributed by atoms with Gasteiger partial charge in [0, 0.05) is 0 Å². The van der Waals surface area contributed by atoms with Crippen molar-refractivity contribution in [2.45, 2.75) is 66.2 Å². The van der Waals surface area contributed by atoms with Crippen LogP contribution in [0.5, 0.6) is 0 Å². The number of hydrogen-bond acceptors (Lipinski definition) is 0. The first-order valence-corrected chi connectivity index (χ1v) is 8.49. The van der Waals surface area contributed by atoms with E-state index in [2.05, 4.69) is 77.9 Å². The lowest BCUT2D eigenvalue weighted by Crippen LogP contribution is -2.15. The van der Waals surface area contributed by atoms with Gasteiger partial charge in [-0.1, -0.05) is 57.2 Å². The topological polar surface area (TPSA) is 0 Å². The molecule has 2 rings (SSSR count). The van der Waals surface area contributed by atoms with E-state index in [9.17, 15) is 0 Å². The predicted molar refractivity (Wildman–Crippen MR) is 97.8 cm³/mol. The highest BCUT2D eigenvalue weighted by atomic mass is 14.2. The number of hydrogen-bond donors (Lipinski definition) is 0. The van der Waals surface area contributed by atoms with Gasteiger partial charge in [-0.3, -0.25) is 0 Å². The summed E-state index contributed by atoms with van der Waals surface area (Å²) in [6.07, 6.45) is 3.42. The summed E-state index contributed by atoms with van der Waals surface area (Å²) in [4.78, 5) is 0. The Morgan fingerprint density at radius 1 is 0.773 bits per heavy atom. The van der Waals surface area contributed by atoms with Crippen LogP contribution in [0.1, 0.15) is 60.6 Å². The van der Waals surface area contributed by atoms with Gasteiger partial charge in [0.25, 0.3) is 0 Å². The second-order valence-electron chi connectivity index (χ2n) is 7.29. The zero-order valence-electron chi connectivity index (χ0n) is 15.1. The molecule has 0 unspecified atom stereocenters. The van der Waals surface area contributed by atoms with Gasteiger partial charge in [0.05, 0.1) is 0 Å². The second kappa shape index (κ2) is 6.69. The fourth-order valence-electron chi connectivity index (χ4n) is 2.89. The number of aryl methyl sites for hydroxylation is 4. The predicted octanol–water partition coefficient (Wildman–Crippen LogP) is 6.08. The Labute approximate surface area is 136 Å². The minimum absolute atomic E-state index is 0.281. The van der Waals surface area contributed by atoms with Crippen LogP contribution in [-0.2, 0) is 18.3 Å². The van der Waals surface area contributed by atoms with E-state index in [1.54, 1.807) is 0 Å². The maximum atomic E-state index is 2.34. The van der Waals surface area contributed by atoms with Crippen molar-refractivity contribution < 1.29 is 0 Å². The second-order valence-corrected chi connectivity index (χ2v) is 7.29. The Bertz CT molecular complexity index is 607. The Hall–Kier alpha value is -1.56. The quantitative estimate of drug-likeness (QED) is 0.626. The molecule has 0 amide bonds. The highest BCUT2D eigenvalue weighted by Crippen LogP contribution is 2.27.